The third kappa shape index (κ3) is 5.11. The Morgan fingerprint density at radius 2 is 1.68 bits per heavy atom. The molecule has 6 rings (SSSR count). The fourth-order valence-electron chi connectivity index (χ4n) is 5.20. The highest BCUT2D eigenvalue weighted by molar-refractivity contribution is 5.92. The smallest absolute Gasteiger partial charge is 0.150 e. The fourth-order valence-corrected chi connectivity index (χ4v) is 5.20. The Kier molecular flexibility index (Phi) is 6.65. The quantitative estimate of drug-likeness (QED) is 0.277. The molecule has 1 aliphatic rings. The number of aromatic amines is 1. The maximum Gasteiger partial charge on any atom is 0.150 e. The summed E-state index contributed by atoms with van der Waals surface area (Å²) in [5.74, 6) is 2.45. The van der Waals surface area contributed by atoms with Crippen molar-refractivity contribution in [2.45, 2.75) is 12.8 Å². The average Bonchev–Trinajstić information content (AvgIpc) is 3.34. The number of methoxy groups -OCH3 is 1. The highest BCUT2D eigenvalue weighted by atomic mass is 16.5. The lowest BCUT2D eigenvalue weighted by atomic mass is 10.1. The molecule has 0 saturated carbocycles. The van der Waals surface area contributed by atoms with E-state index in [1.165, 1.54) is 10.9 Å². The largest absolute Gasteiger partial charge is 0.497 e. The van der Waals surface area contributed by atoms with Gasteiger partial charge in [-0.25, -0.2) is 4.98 Å². The number of piperazine rings is 1. The Hall–Kier alpha value is -4.03. The van der Waals surface area contributed by atoms with E-state index >= 15 is 0 Å². The molecule has 0 bridgehead atoms. The maximum atomic E-state index is 6.26. The van der Waals surface area contributed by atoms with Crippen LogP contribution in [0.2, 0.25) is 0 Å². The fraction of sp³-hybridized carbons (Fsp3) is 0.258. The van der Waals surface area contributed by atoms with Crippen molar-refractivity contribution in [1.29, 1.82) is 0 Å². The van der Waals surface area contributed by atoms with Gasteiger partial charge in [0, 0.05) is 43.8 Å². The number of H-pyrrole nitrogens is 1. The lowest BCUT2D eigenvalue weighted by Crippen LogP contribution is -2.46. The number of nitrogens with one attached hydrogen (secondary N) is 1. The summed E-state index contributed by atoms with van der Waals surface area (Å²) in [6.45, 7) is 5.16. The topological polar surface area (TPSA) is 53.6 Å². The number of pyridine rings is 1. The monoisotopic (exact) mass is 492 g/mol. The molecule has 1 N–H and O–H groups in total. The molecule has 2 aromatic heterocycles. The van der Waals surface area contributed by atoms with Gasteiger partial charge >= 0.3 is 0 Å². The van der Waals surface area contributed by atoms with Crippen LogP contribution in [0, 0.1) is 0 Å². The van der Waals surface area contributed by atoms with Crippen molar-refractivity contribution in [2.75, 3.05) is 44.7 Å². The summed E-state index contributed by atoms with van der Waals surface area (Å²) in [5.41, 5.74) is 5.74. The van der Waals surface area contributed by atoms with Crippen LogP contribution in [0.25, 0.3) is 21.9 Å². The van der Waals surface area contributed by atoms with Gasteiger partial charge in [0.25, 0.3) is 0 Å². The number of benzene rings is 3. The van der Waals surface area contributed by atoms with Gasteiger partial charge < -0.3 is 19.4 Å². The van der Waals surface area contributed by atoms with Crippen LogP contribution in [-0.4, -0.2) is 54.7 Å². The number of ether oxygens (including phenoxy) is 2. The van der Waals surface area contributed by atoms with Gasteiger partial charge in [0.2, 0.25) is 0 Å². The third-order valence-electron chi connectivity index (χ3n) is 7.20. The number of hydrogen-bond donors (Lipinski definition) is 1. The summed E-state index contributed by atoms with van der Waals surface area (Å²) in [6.07, 6.45) is 4.29. The summed E-state index contributed by atoms with van der Waals surface area (Å²) in [4.78, 5) is 13.3. The predicted octanol–water partition coefficient (Wildman–Crippen LogP) is 6.27. The van der Waals surface area contributed by atoms with Crippen molar-refractivity contribution in [2.24, 2.45) is 0 Å². The number of nitrogens with zero attached hydrogens (tertiary/aromatic N) is 3. The Bertz CT molecular complexity index is 1500. The first kappa shape index (κ1) is 23.4. The second-order valence-corrected chi connectivity index (χ2v) is 9.57. The van der Waals surface area contributed by atoms with Gasteiger partial charge in [-0.1, -0.05) is 36.4 Å². The van der Waals surface area contributed by atoms with Gasteiger partial charge in [-0.3, -0.25) is 4.90 Å². The molecular formula is C31H32N4O2. The van der Waals surface area contributed by atoms with Crippen LogP contribution in [0.3, 0.4) is 0 Å². The molecule has 5 aromatic rings. The standard InChI is InChI=1S/C31H32N4O2/c1-36-25-10-6-11-26(21-25)37-30-14-5-4-13-29(30)35-18-16-34(17-19-35)15-7-9-24-22-32-28-20-23-8-2-3-12-27(23)33-31(24)28/h2-6,8,10-14,20-22,32H,7,9,15-19H2,1H3. The van der Waals surface area contributed by atoms with Crippen LogP contribution in [0.4, 0.5) is 5.69 Å². The van der Waals surface area contributed by atoms with Crippen LogP contribution in [0.15, 0.2) is 85.1 Å². The molecule has 188 valence electrons. The second-order valence-electron chi connectivity index (χ2n) is 9.57. The van der Waals surface area contributed by atoms with Crippen molar-refractivity contribution in [1.82, 2.24) is 14.9 Å². The van der Waals surface area contributed by atoms with Crippen LogP contribution >= 0.6 is 0 Å². The lowest BCUT2D eigenvalue weighted by molar-refractivity contribution is 0.254. The molecule has 0 unspecified atom stereocenters. The number of fused-ring (bicyclic) bond motifs is 2. The number of aromatic nitrogens is 2. The van der Waals surface area contributed by atoms with Crippen molar-refractivity contribution in [3.63, 3.8) is 0 Å². The number of anilines is 1. The van der Waals surface area contributed by atoms with E-state index in [9.17, 15) is 0 Å². The molecule has 1 aliphatic heterocycles. The number of aryl methyl sites for hydroxylation is 1. The van der Waals surface area contributed by atoms with E-state index in [2.05, 4.69) is 63.4 Å². The molecule has 6 heteroatoms. The highest BCUT2D eigenvalue weighted by Gasteiger charge is 2.20. The molecule has 0 radical (unpaired) electrons. The molecule has 6 nitrogen and oxygen atoms in total. The molecule has 3 heterocycles. The Labute approximate surface area is 217 Å². The molecular weight excluding hydrogens is 460 g/mol. The molecule has 37 heavy (non-hydrogen) atoms. The van der Waals surface area contributed by atoms with Gasteiger partial charge in [-0.05, 0) is 61.3 Å². The molecule has 1 fully saturated rings. The van der Waals surface area contributed by atoms with Gasteiger partial charge in [0.05, 0.1) is 29.3 Å². The van der Waals surface area contributed by atoms with Crippen LogP contribution in [0.5, 0.6) is 17.2 Å². The van der Waals surface area contributed by atoms with Crippen LogP contribution < -0.4 is 14.4 Å². The van der Waals surface area contributed by atoms with Gasteiger partial charge in [0.15, 0.2) is 5.75 Å². The maximum absolute atomic E-state index is 6.26. The van der Waals surface area contributed by atoms with E-state index in [1.54, 1.807) is 7.11 Å². The Morgan fingerprint density at radius 1 is 0.865 bits per heavy atom. The van der Waals surface area contributed by atoms with E-state index in [1.807, 2.05) is 36.4 Å². The van der Waals surface area contributed by atoms with Crippen molar-refractivity contribution < 1.29 is 9.47 Å². The lowest BCUT2D eigenvalue weighted by Gasteiger charge is -2.36. The van der Waals surface area contributed by atoms with Gasteiger partial charge in [-0.2, -0.15) is 0 Å². The zero-order chi connectivity index (χ0) is 25.0. The normalized spacial score (nSPS) is 14.4. The summed E-state index contributed by atoms with van der Waals surface area (Å²) in [6, 6.07) is 26.6. The van der Waals surface area contributed by atoms with E-state index in [0.717, 1.165) is 85.1 Å². The summed E-state index contributed by atoms with van der Waals surface area (Å²) in [5, 5.41) is 1.18. The van der Waals surface area contributed by atoms with Crippen molar-refractivity contribution >= 4 is 27.6 Å². The molecule has 0 spiro atoms. The minimum Gasteiger partial charge on any atom is -0.497 e. The van der Waals surface area contributed by atoms with Gasteiger partial charge in [-0.15, -0.1) is 0 Å². The zero-order valence-corrected chi connectivity index (χ0v) is 21.2. The molecule has 3 aromatic carbocycles. The SMILES string of the molecule is COc1cccc(Oc2ccccc2N2CCN(CCCc3c[nH]c4cc5ccccc5nc34)CC2)c1. The first-order chi connectivity index (χ1) is 18.3. The summed E-state index contributed by atoms with van der Waals surface area (Å²) >= 11 is 0. The molecule has 0 atom stereocenters. The summed E-state index contributed by atoms with van der Waals surface area (Å²) in [7, 11) is 1.67. The van der Waals surface area contributed by atoms with E-state index < -0.39 is 0 Å². The zero-order valence-electron chi connectivity index (χ0n) is 21.2. The van der Waals surface area contributed by atoms with Gasteiger partial charge in [0.1, 0.15) is 11.5 Å². The van der Waals surface area contributed by atoms with E-state index in [0.29, 0.717) is 0 Å². The minimum atomic E-state index is 0.783. The average molecular weight is 493 g/mol. The molecule has 1 saturated heterocycles. The van der Waals surface area contributed by atoms with Crippen molar-refractivity contribution in [3.05, 3.63) is 90.6 Å². The number of rotatable bonds is 8. The van der Waals surface area contributed by atoms with E-state index in [-0.39, 0.29) is 0 Å². The second kappa shape index (κ2) is 10.5. The van der Waals surface area contributed by atoms with Crippen LogP contribution in [-0.2, 0) is 6.42 Å². The van der Waals surface area contributed by atoms with Crippen LogP contribution in [0.1, 0.15) is 12.0 Å². The molecule has 0 amide bonds. The van der Waals surface area contributed by atoms with Crippen molar-refractivity contribution in [3.8, 4) is 17.2 Å². The first-order valence-electron chi connectivity index (χ1n) is 13.0. The number of para-hydroxylation sites is 3. The first-order valence-corrected chi connectivity index (χ1v) is 13.0. The Morgan fingerprint density at radius 3 is 2.57 bits per heavy atom. The minimum absolute atomic E-state index is 0.783. The Balaban J connectivity index is 1.05. The molecule has 0 aliphatic carbocycles. The summed E-state index contributed by atoms with van der Waals surface area (Å²) < 4.78 is 11.6. The number of hydrogen-bond acceptors (Lipinski definition) is 5. The van der Waals surface area contributed by atoms with E-state index in [4.69, 9.17) is 14.5 Å². The highest BCUT2D eigenvalue weighted by Crippen LogP contribution is 2.34. The third-order valence-corrected chi connectivity index (χ3v) is 7.20. The predicted molar refractivity (Wildman–Crippen MR) is 150 cm³/mol.